The van der Waals surface area contributed by atoms with Crippen molar-refractivity contribution in [3.8, 4) is 23.3 Å². The van der Waals surface area contributed by atoms with Crippen LogP contribution in [0.1, 0.15) is 16.7 Å². The number of carbonyl (C=O) groups excluding carboxylic acids is 1. The summed E-state index contributed by atoms with van der Waals surface area (Å²) >= 11 is 3.42. The minimum Gasteiger partial charge on any atom is -0.497 e. The first-order valence-electron chi connectivity index (χ1n) is 13.2. The topological polar surface area (TPSA) is 80.6 Å². The zero-order chi connectivity index (χ0) is 29.3. The van der Waals surface area contributed by atoms with E-state index in [9.17, 15) is 10.1 Å². The van der Waals surface area contributed by atoms with E-state index in [0.717, 1.165) is 26.4 Å². The highest BCUT2D eigenvalue weighted by Crippen LogP contribution is 2.29. The maximum Gasteiger partial charge on any atom is 0.266 e. The summed E-state index contributed by atoms with van der Waals surface area (Å²) in [7, 11) is 1.57. The summed E-state index contributed by atoms with van der Waals surface area (Å²) in [6.45, 7) is 0.729. The van der Waals surface area contributed by atoms with Crippen LogP contribution in [0.25, 0.3) is 16.8 Å². The van der Waals surface area contributed by atoms with Crippen LogP contribution >= 0.6 is 15.9 Å². The molecular weight excluding hydrogens is 592 g/mol. The standard InChI is InChI=1S/C35H27BrN2O4/c1-40-32-16-11-26(34(20-32)42-23-27-7-4-6-25-5-2-3-8-33(25)27)19-28(21-37)35(39)38-30-14-17-31(18-15-30)41-22-24-9-12-29(36)13-10-24/h2-20H,22-23H2,1H3,(H,38,39)/b28-19+. The molecule has 0 bridgehead atoms. The van der Waals surface area contributed by atoms with Gasteiger partial charge in [0.05, 0.1) is 7.11 Å². The number of carbonyl (C=O) groups is 1. The molecule has 0 atom stereocenters. The van der Waals surface area contributed by atoms with Gasteiger partial charge in [0, 0.05) is 21.8 Å². The zero-order valence-corrected chi connectivity index (χ0v) is 24.4. The molecule has 0 saturated carbocycles. The molecule has 42 heavy (non-hydrogen) atoms. The molecule has 0 saturated heterocycles. The minimum atomic E-state index is -0.531. The van der Waals surface area contributed by atoms with Crippen LogP contribution in [0.15, 0.2) is 119 Å². The van der Waals surface area contributed by atoms with Crippen molar-refractivity contribution in [2.24, 2.45) is 0 Å². The number of nitriles is 1. The molecule has 0 aliphatic carbocycles. The molecule has 0 aliphatic rings. The highest BCUT2D eigenvalue weighted by atomic mass is 79.9. The second kappa shape index (κ2) is 13.5. The van der Waals surface area contributed by atoms with Crippen molar-refractivity contribution in [1.82, 2.24) is 0 Å². The summed E-state index contributed by atoms with van der Waals surface area (Å²) in [5.41, 5.74) is 3.12. The number of methoxy groups -OCH3 is 1. The Kier molecular flexibility index (Phi) is 9.17. The summed E-state index contributed by atoms with van der Waals surface area (Å²) in [6.07, 6.45) is 1.52. The van der Waals surface area contributed by atoms with E-state index in [4.69, 9.17) is 14.2 Å². The Labute approximate surface area is 252 Å². The van der Waals surface area contributed by atoms with Gasteiger partial charge in [0.1, 0.15) is 42.1 Å². The van der Waals surface area contributed by atoms with E-state index in [0.29, 0.717) is 41.7 Å². The van der Waals surface area contributed by atoms with E-state index in [1.165, 1.54) is 6.08 Å². The number of hydrogen-bond acceptors (Lipinski definition) is 5. The van der Waals surface area contributed by atoms with Crippen LogP contribution in [0.5, 0.6) is 17.2 Å². The number of nitrogens with zero attached hydrogens (tertiary/aromatic N) is 1. The predicted molar refractivity (Wildman–Crippen MR) is 168 cm³/mol. The number of benzene rings is 5. The third kappa shape index (κ3) is 7.17. The summed E-state index contributed by atoms with van der Waals surface area (Å²) < 4.78 is 18.4. The number of nitrogens with one attached hydrogen (secondary N) is 1. The largest absolute Gasteiger partial charge is 0.497 e. The Hall–Kier alpha value is -5.06. The normalized spacial score (nSPS) is 11.0. The van der Waals surface area contributed by atoms with Gasteiger partial charge in [-0.3, -0.25) is 4.79 Å². The van der Waals surface area contributed by atoms with Crippen LogP contribution in [0, 0.1) is 11.3 Å². The van der Waals surface area contributed by atoms with Crippen LogP contribution in [-0.4, -0.2) is 13.0 Å². The van der Waals surface area contributed by atoms with Gasteiger partial charge in [0.25, 0.3) is 5.91 Å². The first kappa shape index (κ1) is 28.5. The molecule has 1 N–H and O–H groups in total. The average Bonchev–Trinajstić information content (AvgIpc) is 3.03. The van der Waals surface area contributed by atoms with E-state index in [-0.39, 0.29) is 5.57 Å². The van der Waals surface area contributed by atoms with Crippen molar-refractivity contribution in [1.29, 1.82) is 5.26 Å². The Morgan fingerprint density at radius 2 is 1.60 bits per heavy atom. The van der Waals surface area contributed by atoms with Gasteiger partial charge in [-0.1, -0.05) is 70.5 Å². The number of ether oxygens (including phenoxy) is 3. The maximum atomic E-state index is 13.0. The third-order valence-corrected chi connectivity index (χ3v) is 7.11. The molecule has 0 spiro atoms. The SMILES string of the molecule is COc1ccc(/C=C(\C#N)C(=O)Nc2ccc(OCc3ccc(Br)cc3)cc2)c(OCc2cccc3ccccc23)c1. The van der Waals surface area contributed by atoms with E-state index in [1.807, 2.05) is 54.6 Å². The number of amides is 1. The lowest BCUT2D eigenvalue weighted by atomic mass is 10.1. The lowest BCUT2D eigenvalue weighted by molar-refractivity contribution is -0.112. The fraction of sp³-hybridized carbons (Fsp3) is 0.0857. The molecule has 0 unspecified atom stereocenters. The van der Waals surface area contributed by atoms with Gasteiger partial charge < -0.3 is 19.5 Å². The van der Waals surface area contributed by atoms with Gasteiger partial charge in [-0.25, -0.2) is 0 Å². The lowest BCUT2D eigenvalue weighted by Gasteiger charge is -2.13. The predicted octanol–water partition coefficient (Wildman–Crippen LogP) is 8.31. The quantitative estimate of drug-likeness (QED) is 0.126. The molecule has 1 amide bonds. The Bertz CT molecular complexity index is 1770. The molecule has 0 aliphatic heterocycles. The second-order valence-electron chi connectivity index (χ2n) is 9.39. The minimum absolute atomic E-state index is 0.0641. The fourth-order valence-electron chi connectivity index (χ4n) is 4.34. The highest BCUT2D eigenvalue weighted by Gasteiger charge is 2.13. The lowest BCUT2D eigenvalue weighted by Crippen LogP contribution is -2.13. The molecule has 7 heteroatoms. The average molecular weight is 620 g/mol. The van der Waals surface area contributed by atoms with Crippen molar-refractivity contribution in [2.75, 3.05) is 12.4 Å². The molecule has 208 valence electrons. The van der Waals surface area contributed by atoms with Gasteiger partial charge in [-0.05, 0) is 76.5 Å². The molecule has 5 aromatic carbocycles. The maximum absolute atomic E-state index is 13.0. The Morgan fingerprint density at radius 1 is 0.857 bits per heavy atom. The molecule has 0 heterocycles. The number of fused-ring (bicyclic) bond motifs is 1. The van der Waals surface area contributed by atoms with Gasteiger partial charge in [-0.2, -0.15) is 5.26 Å². The van der Waals surface area contributed by atoms with E-state index in [2.05, 4.69) is 39.4 Å². The van der Waals surface area contributed by atoms with Crippen LogP contribution in [0.4, 0.5) is 5.69 Å². The fourth-order valence-corrected chi connectivity index (χ4v) is 4.61. The molecule has 0 fully saturated rings. The summed E-state index contributed by atoms with van der Waals surface area (Å²) in [4.78, 5) is 13.0. The van der Waals surface area contributed by atoms with Crippen LogP contribution < -0.4 is 19.5 Å². The number of rotatable bonds is 10. The van der Waals surface area contributed by atoms with Crippen molar-refractivity contribution in [3.63, 3.8) is 0 Å². The summed E-state index contributed by atoms with van der Waals surface area (Å²) in [5, 5.41) is 14.8. The highest BCUT2D eigenvalue weighted by molar-refractivity contribution is 9.10. The smallest absolute Gasteiger partial charge is 0.266 e. The molecular formula is C35H27BrN2O4. The van der Waals surface area contributed by atoms with E-state index >= 15 is 0 Å². The van der Waals surface area contributed by atoms with Crippen molar-refractivity contribution in [2.45, 2.75) is 13.2 Å². The van der Waals surface area contributed by atoms with E-state index < -0.39 is 5.91 Å². The number of halogens is 1. The summed E-state index contributed by atoms with van der Waals surface area (Å²) in [5.74, 6) is 1.23. The van der Waals surface area contributed by atoms with Gasteiger partial charge in [-0.15, -0.1) is 0 Å². The van der Waals surface area contributed by atoms with Crippen molar-refractivity contribution >= 4 is 44.4 Å². The molecule has 0 aromatic heterocycles. The van der Waals surface area contributed by atoms with Crippen LogP contribution in [0.3, 0.4) is 0 Å². The molecule has 6 nitrogen and oxygen atoms in total. The van der Waals surface area contributed by atoms with Crippen molar-refractivity contribution in [3.05, 3.63) is 136 Å². The van der Waals surface area contributed by atoms with E-state index in [1.54, 1.807) is 49.6 Å². The van der Waals surface area contributed by atoms with Crippen LogP contribution in [0.2, 0.25) is 0 Å². The van der Waals surface area contributed by atoms with Crippen molar-refractivity contribution < 1.29 is 19.0 Å². The Balaban J connectivity index is 1.28. The molecule has 0 radical (unpaired) electrons. The summed E-state index contributed by atoms with van der Waals surface area (Å²) in [6, 6.07) is 36.4. The van der Waals surface area contributed by atoms with Gasteiger partial charge >= 0.3 is 0 Å². The number of hydrogen-bond donors (Lipinski definition) is 1. The monoisotopic (exact) mass is 618 g/mol. The zero-order valence-electron chi connectivity index (χ0n) is 22.8. The number of anilines is 1. The molecule has 5 aromatic rings. The third-order valence-electron chi connectivity index (χ3n) is 6.58. The van der Waals surface area contributed by atoms with Crippen LogP contribution in [-0.2, 0) is 18.0 Å². The Morgan fingerprint density at radius 3 is 2.36 bits per heavy atom. The van der Waals surface area contributed by atoms with Gasteiger partial charge in [0.2, 0.25) is 0 Å². The first-order chi connectivity index (χ1) is 20.5. The van der Waals surface area contributed by atoms with Gasteiger partial charge in [0.15, 0.2) is 0 Å². The first-order valence-corrected chi connectivity index (χ1v) is 14.0. The molecule has 5 rings (SSSR count). The second-order valence-corrected chi connectivity index (χ2v) is 10.3.